The molecule has 1 N–H and O–H groups in total. The van der Waals surface area contributed by atoms with Crippen LogP contribution < -0.4 is 5.32 Å². The molecule has 2 heteroatoms. The van der Waals surface area contributed by atoms with Crippen molar-refractivity contribution in [3.63, 3.8) is 0 Å². The molecule has 0 fully saturated rings. The maximum absolute atomic E-state index is 6.05. The second-order valence-corrected chi connectivity index (χ2v) is 5.28. The van der Waals surface area contributed by atoms with Crippen LogP contribution in [0.1, 0.15) is 16.7 Å². The zero-order valence-electron chi connectivity index (χ0n) is 12.2. The van der Waals surface area contributed by atoms with Gasteiger partial charge in [0.2, 0.25) is 0 Å². The SMILES string of the molecule is CNCc1ccc(-c2cc3cccc(C)c3o2)c(C)c1. The fourth-order valence-electron chi connectivity index (χ4n) is 2.66. The minimum Gasteiger partial charge on any atom is -0.456 e. The third-order valence-corrected chi connectivity index (χ3v) is 3.68. The highest BCUT2D eigenvalue weighted by Gasteiger charge is 2.10. The summed E-state index contributed by atoms with van der Waals surface area (Å²) in [5.74, 6) is 0.947. The van der Waals surface area contributed by atoms with E-state index in [1.807, 2.05) is 7.05 Å². The fourth-order valence-corrected chi connectivity index (χ4v) is 2.66. The van der Waals surface area contributed by atoms with Gasteiger partial charge in [-0.3, -0.25) is 0 Å². The van der Waals surface area contributed by atoms with Gasteiger partial charge in [-0.15, -0.1) is 0 Å². The number of fused-ring (bicyclic) bond motifs is 1. The molecule has 0 aliphatic rings. The Morgan fingerprint density at radius 2 is 1.85 bits per heavy atom. The van der Waals surface area contributed by atoms with Gasteiger partial charge in [0.1, 0.15) is 11.3 Å². The van der Waals surface area contributed by atoms with Gasteiger partial charge in [-0.1, -0.05) is 36.4 Å². The van der Waals surface area contributed by atoms with E-state index in [0.717, 1.165) is 17.9 Å². The van der Waals surface area contributed by atoms with Crippen LogP contribution in [-0.4, -0.2) is 7.05 Å². The minimum atomic E-state index is 0.889. The highest BCUT2D eigenvalue weighted by molar-refractivity contribution is 5.85. The van der Waals surface area contributed by atoms with E-state index < -0.39 is 0 Å². The Bertz CT molecular complexity index is 755. The summed E-state index contributed by atoms with van der Waals surface area (Å²) in [4.78, 5) is 0. The first-order valence-electron chi connectivity index (χ1n) is 6.92. The number of aryl methyl sites for hydroxylation is 2. The highest BCUT2D eigenvalue weighted by atomic mass is 16.3. The number of benzene rings is 2. The number of nitrogens with one attached hydrogen (secondary N) is 1. The number of furan rings is 1. The Balaban J connectivity index is 2.08. The first-order chi connectivity index (χ1) is 9.69. The van der Waals surface area contributed by atoms with Crippen LogP contribution in [0.15, 0.2) is 46.9 Å². The van der Waals surface area contributed by atoms with Gasteiger partial charge in [0.25, 0.3) is 0 Å². The van der Waals surface area contributed by atoms with Crippen LogP contribution in [-0.2, 0) is 6.54 Å². The highest BCUT2D eigenvalue weighted by Crippen LogP contribution is 2.31. The molecule has 3 aromatic rings. The van der Waals surface area contributed by atoms with Crippen LogP contribution in [0.4, 0.5) is 0 Å². The fraction of sp³-hybridized carbons (Fsp3) is 0.222. The summed E-state index contributed by atoms with van der Waals surface area (Å²) in [6, 6.07) is 14.9. The molecule has 2 aromatic carbocycles. The lowest BCUT2D eigenvalue weighted by Gasteiger charge is -2.06. The third kappa shape index (κ3) is 2.23. The van der Waals surface area contributed by atoms with Gasteiger partial charge in [-0.05, 0) is 43.7 Å². The molecule has 0 saturated heterocycles. The molecule has 0 amide bonds. The monoisotopic (exact) mass is 265 g/mol. The van der Waals surface area contributed by atoms with Crippen LogP contribution in [0.5, 0.6) is 0 Å². The number of hydrogen-bond acceptors (Lipinski definition) is 2. The van der Waals surface area contributed by atoms with Crippen molar-refractivity contribution in [1.82, 2.24) is 5.32 Å². The van der Waals surface area contributed by atoms with Crippen molar-refractivity contribution < 1.29 is 4.42 Å². The summed E-state index contributed by atoms with van der Waals surface area (Å²) in [5, 5.41) is 4.34. The van der Waals surface area contributed by atoms with E-state index >= 15 is 0 Å². The molecule has 2 nitrogen and oxygen atoms in total. The molecule has 0 atom stereocenters. The first kappa shape index (κ1) is 12.9. The Morgan fingerprint density at radius 3 is 2.55 bits per heavy atom. The van der Waals surface area contributed by atoms with Crippen molar-refractivity contribution in [3.05, 3.63) is 59.2 Å². The van der Waals surface area contributed by atoms with E-state index in [1.54, 1.807) is 0 Å². The van der Waals surface area contributed by atoms with Crippen molar-refractivity contribution >= 4 is 11.0 Å². The van der Waals surface area contributed by atoms with Crippen molar-refractivity contribution in [2.45, 2.75) is 20.4 Å². The molecule has 1 aromatic heterocycles. The molecule has 0 bridgehead atoms. The van der Waals surface area contributed by atoms with E-state index in [-0.39, 0.29) is 0 Å². The van der Waals surface area contributed by atoms with Crippen molar-refractivity contribution in [1.29, 1.82) is 0 Å². The number of rotatable bonds is 3. The van der Waals surface area contributed by atoms with Crippen LogP contribution in [0.2, 0.25) is 0 Å². The standard InChI is InChI=1S/C18H19NO/c1-12-5-4-6-15-10-17(20-18(12)15)16-8-7-14(11-19-3)9-13(16)2/h4-10,19H,11H2,1-3H3. The summed E-state index contributed by atoms with van der Waals surface area (Å²) in [6.07, 6.45) is 0. The third-order valence-electron chi connectivity index (χ3n) is 3.68. The summed E-state index contributed by atoms with van der Waals surface area (Å²) < 4.78 is 6.05. The van der Waals surface area contributed by atoms with Gasteiger partial charge in [0.05, 0.1) is 0 Å². The molecule has 0 aliphatic carbocycles. The summed E-state index contributed by atoms with van der Waals surface area (Å²) in [7, 11) is 1.96. The van der Waals surface area contributed by atoms with Gasteiger partial charge >= 0.3 is 0 Å². The zero-order chi connectivity index (χ0) is 14.1. The van der Waals surface area contributed by atoms with E-state index in [9.17, 15) is 0 Å². The molecule has 3 rings (SSSR count). The normalized spacial score (nSPS) is 11.2. The second kappa shape index (κ2) is 5.14. The summed E-state index contributed by atoms with van der Waals surface area (Å²) >= 11 is 0. The Hall–Kier alpha value is -2.06. The predicted molar refractivity (Wildman–Crippen MR) is 83.9 cm³/mol. The average Bonchev–Trinajstić information content (AvgIpc) is 2.84. The molecule has 0 spiro atoms. The maximum Gasteiger partial charge on any atom is 0.137 e. The molecule has 1 heterocycles. The largest absolute Gasteiger partial charge is 0.456 e. The molecule has 0 aliphatic heterocycles. The average molecular weight is 265 g/mol. The maximum atomic E-state index is 6.05. The molecule has 20 heavy (non-hydrogen) atoms. The van der Waals surface area contributed by atoms with Gasteiger partial charge in [-0.25, -0.2) is 0 Å². The van der Waals surface area contributed by atoms with Gasteiger partial charge < -0.3 is 9.73 Å². The smallest absolute Gasteiger partial charge is 0.137 e. The quantitative estimate of drug-likeness (QED) is 0.757. The number of hydrogen-bond donors (Lipinski definition) is 1. The van der Waals surface area contributed by atoms with E-state index in [0.29, 0.717) is 0 Å². The molecular weight excluding hydrogens is 246 g/mol. The molecule has 0 radical (unpaired) electrons. The van der Waals surface area contributed by atoms with Crippen molar-refractivity contribution in [2.24, 2.45) is 0 Å². The molecule has 0 unspecified atom stereocenters. The zero-order valence-corrected chi connectivity index (χ0v) is 12.2. The lowest BCUT2D eigenvalue weighted by atomic mass is 10.0. The topological polar surface area (TPSA) is 25.2 Å². The van der Waals surface area contributed by atoms with Gasteiger partial charge in [0.15, 0.2) is 0 Å². The lowest BCUT2D eigenvalue weighted by Crippen LogP contribution is -2.05. The lowest BCUT2D eigenvalue weighted by molar-refractivity contribution is 0.628. The van der Waals surface area contributed by atoms with Gasteiger partial charge in [0, 0.05) is 17.5 Å². The van der Waals surface area contributed by atoms with E-state index in [4.69, 9.17) is 4.42 Å². The Morgan fingerprint density at radius 1 is 1.00 bits per heavy atom. The van der Waals surface area contributed by atoms with Crippen LogP contribution in [0.25, 0.3) is 22.3 Å². The Labute approximate surface area is 119 Å². The van der Waals surface area contributed by atoms with Crippen LogP contribution in [0, 0.1) is 13.8 Å². The van der Waals surface area contributed by atoms with E-state index in [1.165, 1.54) is 27.6 Å². The van der Waals surface area contributed by atoms with Crippen LogP contribution in [0.3, 0.4) is 0 Å². The van der Waals surface area contributed by atoms with Crippen molar-refractivity contribution in [3.8, 4) is 11.3 Å². The summed E-state index contributed by atoms with van der Waals surface area (Å²) in [6.45, 7) is 5.10. The molecular formula is C18H19NO. The Kier molecular flexibility index (Phi) is 3.33. The molecule has 102 valence electrons. The molecule has 0 saturated carbocycles. The minimum absolute atomic E-state index is 0.889. The van der Waals surface area contributed by atoms with Crippen LogP contribution >= 0.6 is 0 Å². The van der Waals surface area contributed by atoms with Gasteiger partial charge in [-0.2, -0.15) is 0 Å². The second-order valence-electron chi connectivity index (χ2n) is 5.28. The number of para-hydroxylation sites is 1. The predicted octanol–water partition coefficient (Wildman–Crippen LogP) is 4.44. The van der Waals surface area contributed by atoms with E-state index in [2.05, 4.69) is 61.6 Å². The summed E-state index contributed by atoms with van der Waals surface area (Å²) in [5.41, 5.74) is 5.87. The van der Waals surface area contributed by atoms with Crippen molar-refractivity contribution in [2.75, 3.05) is 7.05 Å². The first-order valence-corrected chi connectivity index (χ1v) is 6.92.